The quantitative estimate of drug-likeness (QED) is 0.266. The van der Waals surface area contributed by atoms with E-state index in [4.69, 9.17) is 14.2 Å². The molecule has 3 rings (SSSR count). The van der Waals surface area contributed by atoms with E-state index in [1.54, 1.807) is 14.2 Å². The molecular weight excluding hydrogens is 496 g/mol. The van der Waals surface area contributed by atoms with E-state index in [0.717, 1.165) is 35.7 Å². The summed E-state index contributed by atoms with van der Waals surface area (Å²) < 4.78 is 34.0. The fraction of sp³-hybridized carbons (Fsp3) is 0.419. The van der Waals surface area contributed by atoms with Crippen molar-refractivity contribution in [3.05, 3.63) is 95.6 Å². The van der Waals surface area contributed by atoms with Gasteiger partial charge in [-0.25, -0.2) is 0 Å². The minimum absolute atomic E-state index is 0.334. The van der Waals surface area contributed by atoms with E-state index in [1.165, 1.54) is 5.56 Å². The van der Waals surface area contributed by atoms with Gasteiger partial charge in [-0.1, -0.05) is 60.7 Å². The number of nitrogens with one attached hydrogen (secondary N) is 1. The Balaban J connectivity index is 1.89. The predicted octanol–water partition coefficient (Wildman–Crippen LogP) is 5.69. The molecule has 1 unspecified atom stereocenters. The highest BCUT2D eigenvalue weighted by molar-refractivity contribution is 7.90. The Kier molecular flexibility index (Phi) is 11.1. The molecule has 0 aliphatic rings. The molecule has 6 nitrogen and oxygen atoms in total. The van der Waals surface area contributed by atoms with Gasteiger partial charge in [0.05, 0.1) is 27.4 Å². The van der Waals surface area contributed by atoms with Crippen LogP contribution < -0.4 is 14.2 Å². The zero-order valence-corrected chi connectivity index (χ0v) is 24.3. The van der Waals surface area contributed by atoms with Crippen LogP contribution in [0.2, 0.25) is 0 Å². The lowest BCUT2D eigenvalue weighted by molar-refractivity contribution is 0.0556. The molecule has 0 fully saturated rings. The standard InChI is InChI=1S/C31H42N2O4S/c1-30(2,3)38(34)32-31(28-14-10-11-15-29(28)36-6,24-37-23-26-12-8-7-9-13-26)20-21-33(4)22-25-16-18-27(35-5)19-17-25/h7-19,32H,20-24H2,1-6H3/t31-,38?/m1/s1. The maximum Gasteiger partial charge on any atom is 0.136 e. The van der Waals surface area contributed by atoms with Crippen molar-refractivity contribution in [1.82, 2.24) is 9.62 Å². The first-order chi connectivity index (χ1) is 18.2. The van der Waals surface area contributed by atoms with Crippen LogP contribution >= 0.6 is 0 Å². The van der Waals surface area contributed by atoms with Gasteiger partial charge in [0.2, 0.25) is 0 Å². The van der Waals surface area contributed by atoms with Gasteiger partial charge in [0, 0.05) is 30.0 Å². The molecule has 0 saturated heterocycles. The second-order valence-electron chi connectivity index (χ2n) is 10.6. The fourth-order valence-corrected chi connectivity index (χ4v) is 5.14. The fourth-order valence-electron chi connectivity index (χ4n) is 4.21. The van der Waals surface area contributed by atoms with Gasteiger partial charge in [-0.15, -0.1) is 4.72 Å². The lowest BCUT2D eigenvalue weighted by Gasteiger charge is -2.39. The molecule has 7 heteroatoms. The number of ether oxygens (including phenoxy) is 3. The zero-order chi connectivity index (χ0) is 27.6. The van der Waals surface area contributed by atoms with Crippen molar-refractivity contribution in [3.63, 3.8) is 0 Å². The van der Waals surface area contributed by atoms with Gasteiger partial charge in [-0.2, -0.15) is 0 Å². The van der Waals surface area contributed by atoms with Crippen LogP contribution in [0.25, 0.3) is 0 Å². The van der Waals surface area contributed by atoms with Gasteiger partial charge in [0.1, 0.15) is 21.8 Å². The van der Waals surface area contributed by atoms with Crippen molar-refractivity contribution in [2.24, 2.45) is 0 Å². The van der Waals surface area contributed by atoms with Crippen molar-refractivity contribution in [2.75, 3.05) is 34.4 Å². The SMILES string of the molecule is COc1ccc(CN(C)CC[C@](COCc2ccccc2)(N[S+]([O-])C(C)(C)C)c2ccccc2OC)cc1. The highest BCUT2D eigenvalue weighted by Gasteiger charge is 2.42. The minimum Gasteiger partial charge on any atom is -0.598 e. The van der Waals surface area contributed by atoms with Crippen LogP contribution in [0.4, 0.5) is 0 Å². The summed E-state index contributed by atoms with van der Waals surface area (Å²) in [5, 5.41) is 0. The Hall–Kier alpha value is -2.55. The molecular formula is C31H42N2O4S. The zero-order valence-electron chi connectivity index (χ0n) is 23.5. The van der Waals surface area contributed by atoms with Crippen molar-refractivity contribution in [3.8, 4) is 11.5 Å². The normalized spacial score (nSPS) is 14.2. The third-order valence-electron chi connectivity index (χ3n) is 6.46. The molecule has 0 saturated carbocycles. The Morgan fingerprint density at radius 3 is 2.13 bits per heavy atom. The smallest absolute Gasteiger partial charge is 0.136 e. The molecule has 0 spiro atoms. The van der Waals surface area contributed by atoms with Crippen molar-refractivity contribution >= 4 is 11.4 Å². The average Bonchev–Trinajstić information content (AvgIpc) is 2.92. The van der Waals surface area contributed by atoms with Gasteiger partial charge >= 0.3 is 0 Å². The van der Waals surface area contributed by atoms with Crippen LogP contribution in [0.1, 0.15) is 43.9 Å². The first-order valence-corrected chi connectivity index (χ1v) is 14.1. The maximum absolute atomic E-state index is 13.6. The van der Waals surface area contributed by atoms with Crippen LogP contribution in [-0.4, -0.2) is 48.6 Å². The molecule has 0 aromatic heterocycles. The summed E-state index contributed by atoms with van der Waals surface area (Å²) in [7, 11) is 5.45. The molecule has 0 aliphatic carbocycles. The summed E-state index contributed by atoms with van der Waals surface area (Å²) >= 11 is -1.34. The summed E-state index contributed by atoms with van der Waals surface area (Å²) in [5.74, 6) is 1.59. The van der Waals surface area contributed by atoms with Gasteiger partial charge in [0.25, 0.3) is 0 Å². The van der Waals surface area contributed by atoms with E-state index in [2.05, 4.69) is 28.8 Å². The topological polar surface area (TPSA) is 66.0 Å². The van der Waals surface area contributed by atoms with Crippen LogP contribution in [0.15, 0.2) is 78.9 Å². The van der Waals surface area contributed by atoms with Gasteiger partial charge in [-0.3, -0.25) is 0 Å². The van der Waals surface area contributed by atoms with E-state index in [-0.39, 0.29) is 0 Å². The van der Waals surface area contributed by atoms with E-state index in [0.29, 0.717) is 19.6 Å². The minimum atomic E-state index is -1.34. The second kappa shape index (κ2) is 14.0. The summed E-state index contributed by atoms with van der Waals surface area (Å²) in [4.78, 5) is 2.27. The van der Waals surface area contributed by atoms with Crippen molar-refractivity contribution in [2.45, 2.75) is 50.6 Å². The Morgan fingerprint density at radius 1 is 0.842 bits per heavy atom. The number of nitrogens with zero attached hydrogens (tertiary/aromatic N) is 1. The van der Waals surface area contributed by atoms with Crippen molar-refractivity contribution < 1.29 is 18.8 Å². The molecule has 206 valence electrons. The summed E-state index contributed by atoms with van der Waals surface area (Å²) in [6.45, 7) is 8.24. The Morgan fingerprint density at radius 2 is 1.50 bits per heavy atom. The molecule has 0 radical (unpaired) electrons. The molecule has 3 aromatic rings. The molecule has 0 amide bonds. The van der Waals surface area contributed by atoms with Gasteiger partial charge in [0.15, 0.2) is 0 Å². The highest BCUT2D eigenvalue weighted by Crippen LogP contribution is 2.36. The monoisotopic (exact) mass is 538 g/mol. The third kappa shape index (κ3) is 8.48. The van der Waals surface area contributed by atoms with Gasteiger partial charge < -0.3 is 23.7 Å². The predicted molar refractivity (Wildman–Crippen MR) is 156 cm³/mol. The molecule has 0 heterocycles. The molecule has 0 bridgehead atoms. The van der Waals surface area contributed by atoms with E-state index >= 15 is 0 Å². The first-order valence-electron chi connectivity index (χ1n) is 12.9. The number of hydrogen-bond acceptors (Lipinski definition) is 6. The average molecular weight is 539 g/mol. The first kappa shape index (κ1) is 30.0. The lowest BCUT2D eigenvalue weighted by Crippen LogP contribution is -2.55. The number of rotatable bonds is 14. The largest absolute Gasteiger partial charge is 0.598 e. The number of hydrogen-bond donors (Lipinski definition) is 1. The van der Waals surface area contributed by atoms with Crippen LogP contribution in [-0.2, 0) is 34.8 Å². The van der Waals surface area contributed by atoms with E-state index < -0.39 is 21.6 Å². The number of para-hydroxylation sites is 1. The lowest BCUT2D eigenvalue weighted by atomic mass is 9.87. The summed E-state index contributed by atoms with van der Waals surface area (Å²) in [6.07, 6.45) is 0.663. The second-order valence-corrected chi connectivity index (χ2v) is 12.5. The summed E-state index contributed by atoms with van der Waals surface area (Å²) in [5.41, 5.74) is 2.48. The molecule has 3 aromatic carbocycles. The van der Waals surface area contributed by atoms with Gasteiger partial charge in [-0.05, 0) is 63.6 Å². The van der Waals surface area contributed by atoms with Crippen molar-refractivity contribution in [1.29, 1.82) is 0 Å². The van der Waals surface area contributed by atoms with E-state index in [9.17, 15) is 4.55 Å². The maximum atomic E-state index is 13.6. The van der Waals surface area contributed by atoms with E-state index in [1.807, 2.05) is 87.5 Å². The molecule has 2 atom stereocenters. The molecule has 38 heavy (non-hydrogen) atoms. The van der Waals surface area contributed by atoms with Crippen LogP contribution in [0.3, 0.4) is 0 Å². The molecule has 1 N–H and O–H groups in total. The van der Waals surface area contributed by atoms with Crippen LogP contribution in [0, 0.1) is 0 Å². The number of benzene rings is 3. The highest BCUT2D eigenvalue weighted by atomic mass is 32.2. The Labute approximate surface area is 231 Å². The Bertz CT molecular complexity index is 1100. The number of methoxy groups -OCH3 is 2. The third-order valence-corrected chi connectivity index (χ3v) is 8.15. The molecule has 0 aliphatic heterocycles. The van der Waals surface area contributed by atoms with Crippen LogP contribution in [0.5, 0.6) is 11.5 Å². The summed E-state index contributed by atoms with van der Waals surface area (Å²) in [6, 6.07) is 26.2.